The van der Waals surface area contributed by atoms with E-state index in [0.29, 0.717) is 28.6 Å². The third kappa shape index (κ3) is 7.58. The van der Waals surface area contributed by atoms with Gasteiger partial charge in [0.25, 0.3) is 11.8 Å². The second-order valence-electron chi connectivity index (χ2n) is 14.8. The lowest BCUT2D eigenvalue weighted by atomic mass is 9.84. The number of aromatic amines is 1. The molecule has 3 aliphatic rings. The van der Waals surface area contributed by atoms with Gasteiger partial charge in [0.2, 0.25) is 17.6 Å². The molecule has 3 aromatic rings. The number of para-hydroxylation sites is 1. The molecule has 2 aromatic heterocycles. The van der Waals surface area contributed by atoms with Crippen molar-refractivity contribution in [2.45, 2.75) is 101 Å². The fourth-order valence-electron chi connectivity index (χ4n) is 7.86. The molecule has 6 N–H and O–H groups in total. The van der Waals surface area contributed by atoms with Gasteiger partial charge in [-0.25, -0.2) is 13.1 Å². The first-order chi connectivity index (χ1) is 24.6. The first-order valence-electron chi connectivity index (χ1n) is 17.6. The van der Waals surface area contributed by atoms with Crippen LogP contribution in [-0.4, -0.2) is 109 Å². The van der Waals surface area contributed by atoms with Crippen LogP contribution in [0.15, 0.2) is 30.6 Å². The number of Topliss-reactive ketones (excluding diaryl/α,β-unsaturated/α-hetero) is 1. The van der Waals surface area contributed by atoms with Crippen LogP contribution >= 0.6 is 0 Å². The second-order valence-corrected chi connectivity index (χ2v) is 17.1. The van der Waals surface area contributed by atoms with Crippen molar-refractivity contribution in [3.63, 3.8) is 0 Å². The predicted octanol–water partition coefficient (Wildman–Crippen LogP) is 0.411. The Kier molecular flexibility index (Phi) is 10.2. The van der Waals surface area contributed by atoms with Crippen LogP contribution in [0.5, 0.6) is 0 Å². The molecule has 1 aromatic carbocycles. The summed E-state index contributed by atoms with van der Waals surface area (Å²) in [6.07, 6.45) is 7.35. The number of fused-ring (bicyclic) bond motifs is 1. The molecule has 1 saturated carbocycles. The van der Waals surface area contributed by atoms with Crippen LogP contribution in [0, 0.1) is 5.92 Å². The van der Waals surface area contributed by atoms with Gasteiger partial charge in [-0.3, -0.25) is 29.1 Å². The number of nitrogens with one attached hydrogen (secondary N) is 3. The number of carbonyl (C=O) groups is 5. The van der Waals surface area contributed by atoms with E-state index >= 15 is 0 Å². The molecule has 4 heterocycles. The number of nitrogens with two attached hydrogens (primary N) is 1. The zero-order chi connectivity index (χ0) is 37.4. The van der Waals surface area contributed by atoms with Crippen molar-refractivity contribution < 1.29 is 37.5 Å². The highest BCUT2D eigenvalue weighted by Crippen LogP contribution is 2.35. The fraction of sp³-hybridized carbons (Fsp3) is 0.588. The maximum absolute atomic E-state index is 14.8. The normalized spacial score (nSPS) is 22.5. The molecule has 0 radical (unpaired) electrons. The molecule has 1 unspecified atom stereocenters. The molecule has 0 bridgehead atoms. The molecule has 6 rings (SSSR count). The van der Waals surface area contributed by atoms with E-state index in [2.05, 4.69) is 31.1 Å². The maximum Gasteiger partial charge on any atom is 0.287 e. The van der Waals surface area contributed by atoms with Crippen LogP contribution in [0.2, 0.25) is 0 Å². The largest absolute Gasteiger partial charge is 0.384 e. The standard InChI is InChI=1S/C34H45N9O8S/c1-33(2,49)26-18-37-41-43(26)22-16-25(31(47)39-34(28(44)29(35)45)11-13-52(50,51)14-12-34)42(19-22)32(48)24(15-20-7-4-3-5-8-20)38-30(46)23-10-6-9-21-17-36-40-27(21)23/h6,9-10,17-18,20,22,24-25,49H,3-5,7-8,11-16,19H2,1-2H3,(H2,35,45)(H,36,40)(H,38,46)(H,39,47)/t22-,24?,25-/m0/s1. The van der Waals surface area contributed by atoms with Crippen LogP contribution in [0.4, 0.5) is 0 Å². The summed E-state index contributed by atoms with van der Waals surface area (Å²) in [7, 11) is -3.53. The molecule has 2 saturated heterocycles. The summed E-state index contributed by atoms with van der Waals surface area (Å²) in [5, 5.41) is 32.2. The number of aliphatic hydroxyl groups is 1. The predicted molar refractivity (Wildman–Crippen MR) is 186 cm³/mol. The van der Waals surface area contributed by atoms with E-state index in [9.17, 15) is 37.5 Å². The average Bonchev–Trinajstić information content (AvgIpc) is 3.88. The van der Waals surface area contributed by atoms with Gasteiger partial charge < -0.3 is 26.4 Å². The van der Waals surface area contributed by atoms with Crippen molar-refractivity contribution in [3.8, 4) is 0 Å². The molecule has 3 fully saturated rings. The summed E-state index contributed by atoms with van der Waals surface area (Å²) in [5.41, 5.74) is 3.25. The van der Waals surface area contributed by atoms with E-state index < -0.39 is 80.0 Å². The van der Waals surface area contributed by atoms with E-state index in [1.165, 1.54) is 15.8 Å². The molecule has 52 heavy (non-hydrogen) atoms. The van der Waals surface area contributed by atoms with Crippen LogP contribution in [0.25, 0.3) is 10.9 Å². The monoisotopic (exact) mass is 739 g/mol. The molecule has 0 spiro atoms. The Morgan fingerprint density at radius 2 is 1.81 bits per heavy atom. The third-order valence-corrected chi connectivity index (χ3v) is 12.4. The van der Waals surface area contributed by atoms with Crippen molar-refractivity contribution >= 4 is 50.2 Å². The molecule has 2 aliphatic heterocycles. The number of primary amides is 1. The van der Waals surface area contributed by atoms with Crippen molar-refractivity contribution in [2.75, 3.05) is 18.1 Å². The Morgan fingerprint density at radius 1 is 1.10 bits per heavy atom. The number of H-pyrrole nitrogens is 1. The summed E-state index contributed by atoms with van der Waals surface area (Å²) in [4.78, 5) is 69.7. The smallest absolute Gasteiger partial charge is 0.287 e. The SMILES string of the molecule is CC(C)(O)c1cnnn1[C@H]1C[C@@H](C(=O)NC2(C(=O)C(N)=O)CCS(=O)(=O)CC2)N(C(=O)C(CC2CCCCC2)NC(=O)c2cccc3cn[nH]c23)C1. The highest BCUT2D eigenvalue weighted by Gasteiger charge is 2.50. The second kappa shape index (κ2) is 14.4. The van der Waals surface area contributed by atoms with Crippen LogP contribution in [-0.2, 0) is 34.6 Å². The summed E-state index contributed by atoms with van der Waals surface area (Å²) >= 11 is 0. The first kappa shape index (κ1) is 37.1. The van der Waals surface area contributed by atoms with Crippen molar-refractivity contribution in [1.82, 2.24) is 40.7 Å². The number of aromatic nitrogens is 5. The zero-order valence-electron chi connectivity index (χ0n) is 29.2. The number of likely N-dealkylation sites (tertiary alicyclic amines) is 1. The summed E-state index contributed by atoms with van der Waals surface area (Å²) in [6.45, 7) is 3.04. The van der Waals surface area contributed by atoms with Crippen LogP contribution < -0.4 is 16.4 Å². The topological polar surface area (TPSA) is 252 Å². The van der Waals surface area contributed by atoms with Gasteiger partial charge >= 0.3 is 0 Å². The lowest BCUT2D eigenvalue weighted by Gasteiger charge is -2.37. The lowest BCUT2D eigenvalue weighted by molar-refractivity contribution is -0.145. The van der Waals surface area contributed by atoms with Crippen molar-refractivity contribution in [3.05, 3.63) is 41.9 Å². The van der Waals surface area contributed by atoms with E-state index in [-0.39, 0.29) is 31.7 Å². The number of sulfone groups is 1. The van der Waals surface area contributed by atoms with E-state index in [1.807, 2.05) is 0 Å². The first-order valence-corrected chi connectivity index (χ1v) is 19.4. The number of ketones is 1. The molecule has 17 nitrogen and oxygen atoms in total. The molecule has 3 atom stereocenters. The van der Waals surface area contributed by atoms with Gasteiger partial charge in [0.1, 0.15) is 23.2 Å². The Labute approximate surface area is 300 Å². The highest BCUT2D eigenvalue weighted by atomic mass is 32.2. The van der Waals surface area contributed by atoms with Crippen molar-refractivity contribution in [1.29, 1.82) is 0 Å². The summed E-state index contributed by atoms with van der Waals surface area (Å²) in [6, 6.07) is 2.19. The summed E-state index contributed by atoms with van der Waals surface area (Å²) in [5.74, 6) is -5.05. The van der Waals surface area contributed by atoms with Gasteiger partial charge in [0.05, 0.1) is 46.7 Å². The van der Waals surface area contributed by atoms with Gasteiger partial charge in [0.15, 0.2) is 9.84 Å². The Morgan fingerprint density at radius 3 is 2.48 bits per heavy atom. The summed E-state index contributed by atoms with van der Waals surface area (Å²) < 4.78 is 26.1. The molecule has 280 valence electrons. The number of hydrogen-bond donors (Lipinski definition) is 5. The number of nitrogens with zero attached hydrogens (tertiary/aromatic N) is 5. The molecule has 4 amide bonds. The minimum absolute atomic E-state index is 0.0271. The van der Waals surface area contributed by atoms with E-state index in [4.69, 9.17) is 5.73 Å². The minimum atomic E-state index is -3.53. The number of rotatable bonds is 11. The molecule has 1 aliphatic carbocycles. The zero-order valence-corrected chi connectivity index (χ0v) is 30.0. The van der Waals surface area contributed by atoms with Gasteiger partial charge in [-0.1, -0.05) is 49.5 Å². The maximum atomic E-state index is 14.8. The number of hydrogen-bond acceptors (Lipinski definition) is 11. The van der Waals surface area contributed by atoms with E-state index in [0.717, 1.165) is 32.1 Å². The Balaban J connectivity index is 1.35. The Hall–Kier alpha value is -4.71. The minimum Gasteiger partial charge on any atom is -0.384 e. The van der Waals surface area contributed by atoms with Crippen molar-refractivity contribution in [2.24, 2.45) is 11.7 Å². The van der Waals surface area contributed by atoms with Gasteiger partial charge in [-0.15, -0.1) is 5.10 Å². The third-order valence-electron chi connectivity index (χ3n) is 10.7. The molecular formula is C34H45N9O8S. The van der Waals surface area contributed by atoms with Gasteiger partial charge in [-0.2, -0.15) is 5.10 Å². The fourth-order valence-corrected chi connectivity index (χ4v) is 9.38. The van der Waals surface area contributed by atoms with Crippen LogP contribution in [0.3, 0.4) is 0 Å². The number of carbonyl (C=O) groups excluding carboxylic acids is 5. The van der Waals surface area contributed by atoms with Gasteiger partial charge in [-0.05, 0) is 45.1 Å². The number of benzene rings is 1. The molecular weight excluding hydrogens is 694 g/mol. The Bertz CT molecular complexity index is 1960. The average molecular weight is 740 g/mol. The molecule has 18 heteroatoms. The quantitative estimate of drug-likeness (QED) is 0.168. The van der Waals surface area contributed by atoms with E-state index in [1.54, 1.807) is 38.2 Å². The number of amides is 4. The van der Waals surface area contributed by atoms with Crippen LogP contribution in [0.1, 0.15) is 93.7 Å². The highest BCUT2D eigenvalue weighted by molar-refractivity contribution is 7.91. The van der Waals surface area contributed by atoms with Gasteiger partial charge in [0, 0.05) is 18.4 Å². The lowest BCUT2D eigenvalue weighted by Crippen LogP contribution is -2.64.